The Kier molecular flexibility index (Phi) is 2.14. The van der Waals surface area contributed by atoms with Crippen LogP contribution in [-0.2, 0) is 0 Å². The van der Waals surface area contributed by atoms with E-state index in [0.717, 1.165) is 22.6 Å². The average molecular weight is 227 g/mol. The Bertz CT molecular complexity index is 671. The molecule has 0 saturated carbocycles. The van der Waals surface area contributed by atoms with Gasteiger partial charge in [0.2, 0.25) is 0 Å². The number of hydrogen-bond acceptors (Lipinski definition) is 2. The van der Waals surface area contributed by atoms with Crippen LogP contribution in [0.25, 0.3) is 16.9 Å². The molecule has 84 valence electrons. The maximum Gasteiger partial charge on any atom is 0.144 e. The van der Waals surface area contributed by atoms with Crippen LogP contribution in [0.2, 0.25) is 0 Å². The van der Waals surface area contributed by atoms with Crippen molar-refractivity contribution in [1.82, 2.24) is 14.4 Å². The second-order valence-corrected chi connectivity index (χ2v) is 3.90. The van der Waals surface area contributed by atoms with E-state index >= 15 is 0 Å². The molecule has 0 bridgehead atoms. The molecule has 1 aromatic carbocycles. The Morgan fingerprint density at radius 1 is 1.06 bits per heavy atom. The Morgan fingerprint density at radius 2 is 1.82 bits per heavy atom. The van der Waals surface area contributed by atoms with Gasteiger partial charge in [-0.15, -0.1) is 0 Å². The molecule has 0 aliphatic rings. The number of rotatable bonds is 1. The Balaban J connectivity index is 2.27. The van der Waals surface area contributed by atoms with E-state index in [1.807, 2.05) is 11.3 Å². The molecule has 0 spiro atoms. The molecule has 0 fully saturated rings. The highest BCUT2D eigenvalue weighted by Gasteiger charge is 2.08. The Morgan fingerprint density at radius 3 is 2.59 bits per heavy atom. The van der Waals surface area contributed by atoms with Crippen LogP contribution in [0.5, 0.6) is 0 Å². The third kappa shape index (κ3) is 1.58. The lowest BCUT2D eigenvalue weighted by molar-refractivity contribution is 0.628. The van der Waals surface area contributed by atoms with Crippen LogP contribution in [0.15, 0.2) is 42.9 Å². The van der Waals surface area contributed by atoms with Gasteiger partial charge in [-0.05, 0) is 31.2 Å². The Labute approximate surface area is 97.6 Å². The van der Waals surface area contributed by atoms with Crippen LogP contribution in [0.4, 0.5) is 4.39 Å². The van der Waals surface area contributed by atoms with Crippen LogP contribution < -0.4 is 0 Å². The molecule has 3 aromatic rings. The smallest absolute Gasteiger partial charge is 0.144 e. The molecule has 2 aromatic heterocycles. The summed E-state index contributed by atoms with van der Waals surface area (Å²) in [5.41, 5.74) is 2.82. The lowest BCUT2D eigenvalue weighted by Gasteiger charge is -2.04. The van der Waals surface area contributed by atoms with Gasteiger partial charge in [0.15, 0.2) is 0 Å². The quantitative estimate of drug-likeness (QED) is 0.640. The SMILES string of the molecule is Cc1cncc2cnc(-c3ccc(F)cc3)n12. The van der Waals surface area contributed by atoms with Crippen LogP contribution in [-0.4, -0.2) is 14.4 Å². The van der Waals surface area contributed by atoms with Gasteiger partial charge in [-0.25, -0.2) is 9.37 Å². The van der Waals surface area contributed by atoms with Crippen molar-refractivity contribution in [2.45, 2.75) is 6.92 Å². The summed E-state index contributed by atoms with van der Waals surface area (Å²) in [4.78, 5) is 8.47. The molecular formula is C13H10FN3. The monoisotopic (exact) mass is 227 g/mol. The summed E-state index contributed by atoms with van der Waals surface area (Å²) in [5.74, 6) is 0.563. The predicted molar refractivity (Wildman–Crippen MR) is 63.1 cm³/mol. The van der Waals surface area contributed by atoms with E-state index in [1.165, 1.54) is 12.1 Å². The summed E-state index contributed by atoms with van der Waals surface area (Å²) in [6, 6.07) is 6.33. The third-order valence-electron chi connectivity index (χ3n) is 2.71. The van der Waals surface area contributed by atoms with Gasteiger partial charge in [-0.1, -0.05) is 0 Å². The molecule has 3 nitrogen and oxygen atoms in total. The molecule has 4 heteroatoms. The minimum absolute atomic E-state index is 0.243. The van der Waals surface area contributed by atoms with E-state index in [1.54, 1.807) is 30.7 Å². The van der Waals surface area contributed by atoms with Gasteiger partial charge in [0, 0.05) is 17.5 Å². The summed E-state index contributed by atoms with van der Waals surface area (Å²) in [5, 5.41) is 0. The molecule has 0 aliphatic heterocycles. The van der Waals surface area contributed by atoms with Gasteiger partial charge in [0.05, 0.1) is 17.9 Å². The maximum atomic E-state index is 12.9. The van der Waals surface area contributed by atoms with Crippen molar-refractivity contribution in [3.8, 4) is 11.4 Å². The van der Waals surface area contributed by atoms with Crippen molar-refractivity contribution in [3.05, 3.63) is 54.4 Å². The van der Waals surface area contributed by atoms with Crippen molar-refractivity contribution >= 4 is 5.52 Å². The molecule has 0 amide bonds. The first-order valence-corrected chi connectivity index (χ1v) is 5.30. The molecule has 2 heterocycles. The number of benzene rings is 1. The highest BCUT2D eigenvalue weighted by Crippen LogP contribution is 2.20. The molecule has 17 heavy (non-hydrogen) atoms. The molecule has 0 N–H and O–H groups in total. The number of fused-ring (bicyclic) bond motifs is 1. The lowest BCUT2D eigenvalue weighted by atomic mass is 10.2. The van der Waals surface area contributed by atoms with Gasteiger partial charge in [0.25, 0.3) is 0 Å². The summed E-state index contributed by atoms with van der Waals surface area (Å²) in [6.45, 7) is 1.97. The number of nitrogens with zero attached hydrogens (tertiary/aromatic N) is 3. The molecule has 0 saturated heterocycles. The largest absolute Gasteiger partial charge is 0.294 e. The normalized spacial score (nSPS) is 10.9. The maximum absolute atomic E-state index is 12.9. The van der Waals surface area contributed by atoms with Crippen molar-refractivity contribution in [1.29, 1.82) is 0 Å². The van der Waals surface area contributed by atoms with Gasteiger partial charge in [0.1, 0.15) is 11.6 Å². The number of halogens is 1. The fourth-order valence-corrected chi connectivity index (χ4v) is 1.91. The summed E-state index contributed by atoms with van der Waals surface area (Å²) >= 11 is 0. The van der Waals surface area contributed by atoms with Gasteiger partial charge in [-0.3, -0.25) is 9.38 Å². The number of aromatic nitrogens is 3. The van der Waals surface area contributed by atoms with Crippen molar-refractivity contribution < 1.29 is 4.39 Å². The van der Waals surface area contributed by atoms with E-state index in [-0.39, 0.29) is 5.82 Å². The topological polar surface area (TPSA) is 30.2 Å². The van der Waals surface area contributed by atoms with Crippen LogP contribution in [0.1, 0.15) is 5.69 Å². The van der Waals surface area contributed by atoms with E-state index < -0.39 is 0 Å². The first kappa shape index (κ1) is 9.96. The van der Waals surface area contributed by atoms with Crippen LogP contribution >= 0.6 is 0 Å². The first-order chi connectivity index (χ1) is 8.25. The third-order valence-corrected chi connectivity index (χ3v) is 2.71. The highest BCUT2D eigenvalue weighted by molar-refractivity contribution is 5.62. The van der Waals surface area contributed by atoms with Gasteiger partial charge >= 0.3 is 0 Å². The van der Waals surface area contributed by atoms with Crippen molar-refractivity contribution in [2.24, 2.45) is 0 Å². The number of imidazole rings is 1. The fraction of sp³-hybridized carbons (Fsp3) is 0.0769. The summed E-state index contributed by atoms with van der Waals surface area (Å²) in [7, 11) is 0. The van der Waals surface area contributed by atoms with E-state index in [0.29, 0.717) is 0 Å². The zero-order valence-corrected chi connectivity index (χ0v) is 9.26. The second kappa shape index (κ2) is 3.66. The second-order valence-electron chi connectivity index (χ2n) is 3.90. The minimum Gasteiger partial charge on any atom is -0.294 e. The average Bonchev–Trinajstić information content (AvgIpc) is 2.75. The first-order valence-electron chi connectivity index (χ1n) is 5.30. The van der Waals surface area contributed by atoms with Gasteiger partial charge in [-0.2, -0.15) is 0 Å². The minimum atomic E-state index is -0.243. The fourth-order valence-electron chi connectivity index (χ4n) is 1.91. The van der Waals surface area contributed by atoms with E-state index in [9.17, 15) is 4.39 Å². The van der Waals surface area contributed by atoms with E-state index in [4.69, 9.17) is 0 Å². The van der Waals surface area contributed by atoms with Crippen LogP contribution in [0, 0.1) is 12.7 Å². The molecule has 0 atom stereocenters. The van der Waals surface area contributed by atoms with E-state index in [2.05, 4.69) is 9.97 Å². The standard InChI is InChI=1S/C13H10FN3/c1-9-6-15-7-12-8-16-13(17(9)12)10-2-4-11(14)5-3-10/h2-8H,1H3. The predicted octanol–water partition coefficient (Wildman–Crippen LogP) is 2.84. The zero-order valence-electron chi connectivity index (χ0n) is 9.26. The number of hydrogen-bond donors (Lipinski definition) is 0. The highest BCUT2D eigenvalue weighted by atomic mass is 19.1. The molecule has 3 rings (SSSR count). The number of aryl methyl sites for hydroxylation is 1. The summed E-state index contributed by atoms with van der Waals surface area (Å²) < 4.78 is 14.9. The van der Waals surface area contributed by atoms with Crippen LogP contribution in [0.3, 0.4) is 0 Å². The lowest BCUT2D eigenvalue weighted by Crippen LogP contribution is -1.95. The molecule has 0 radical (unpaired) electrons. The Hall–Kier alpha value is -2.23. The zero-order chi connectivity index (χ0) is 11.8. The molecule has 0 unspecified atom stereocenters. The molecular weight excluding hydrogens is 217 g/mol. The summed E-state index contributed by atoms with van der Waals surface area (Å²) in [6.07, 6.45) is 5.30. The van der Waals surface area contributed by atoms with Gasteiger partial charge < -0.3 is 0 Å². The van der Waals surface area contributed by atoms with Crippen molar-refractivity contribution in [3.63, 3.8) is 0 Å². The molecule has 0 aliphatic carbocycles. The van der Waals surface area contributed by atoms with Crippen molar-refractivity contribution in [2.75, 3.05) is 0 Å².